The van der Waals surface area contributed by atoms with Gasteiger partial charge in [0.1, 0.15) is 0 Å². The van der Waals surface area contributed by atoms with Gasteiger partial charge >= 0.3 is 6.18 Å². The van der Waals surface area contributed by atoms with Gasteiger partial charge in [0.05, 0.1) is 24.0 Å². The second-order valence-corrected chi connectivity index (χ2v) is 7.99. The lowest BCUT2D eigenvalue weighted by molar-refractivity contribution is -0.200. The summed E-state index contributed by atoms with van der Waals surface area (Å²) in [5.41, 5.74) is 4.78. The third-order valence-electron chi connectivity index (χ3n) is 5.69. The van der Waals surface area contributed by atoms with Gasteiger partial charge < -0.3 is 14.9 Å². The molecule has 0 aromatic heterocycles. The number of halogens is 3. The van der Waals surface area contributed by atoms with E-state index in [9.17, 15) is 18.3 Å². The third-order valence-corrected chi connectivity index (χ3v) is 5.69. The van der Waals surface area contributed by atoms with Crippen LogP contribution in [-0.4, -0.2) is 30.5 Å². The number of aliphatic hydroxyl groups is 1. The fraction of sp³-hybridized carbons (Fsp3) is 0.280. The second kappa shape index (κ2) is 8.63. The van der Waals surface area contributed by atoms with Gasteiger partial charge in [-0.2, -0.15) is 13.2 Å². The molecule has 162 valence electrons. The molecule has 0 fully saturated rings. The van der Waals surface area contributed by atoms with Crippen molar-refractivity contribution < 1.29 is 18.3 Å². The highest BCUT2D eigenvalue weighted by Crippen LogP contribution is 2.42. The number of para-hydroxylation sites is 2. The van der Waals surface area contributed by atoms with E-state index < -0.39 is 18.8 Å². The Labute approximate surface area is 180 Å². The van der Waals surface area contributed by atoms with E-state index in [1.54, 1.807) is 4.90 Å². The van der Waals surface area contributed by atoms with Crippen molar-refractivity contribution in [1.29, 1.82) is 0 Å². The zero-order valence-corrected chi connectivity index (χ0v) is 17.3. The van der Waals surface area contributed by atoms with Gasteiger partial charge in [0.25, 0.3) is 0 Å². The molecule has 1 N–H and O–H groups in total. The second-order valence-electron chi connectivity index (χ2n) is 7.99. The van der Waals surface area contributed by atoms with E-state index in [0.29, 0.717) is 18.8 Å². The van der Waals surface area contributed by atoms with E-state index in [0.717, 1.165) is 22.4 Å². The van der Waals surface area contributed by atoms with E-state index in [-0.39, 0.29) is 6.04 Å². The van der Waals surface area contributed by atoms with Crippen LogP contribution in [0.25, 0.3) is 0 Å². The number of aliphatic hydroxyl groups excluding tert-OH is 1. The molecule has 0 amide bonds. The number of anilines is 2. The highest BCUT2D eigenvalue weighted by Gasteiger charge is 2.42. The largest absolute Gasteiger partial charge is 0.416 e. The summed E-state index contributed by atoms with van der Waals surface area (Å²) in [5.74, 6) is 0. The molecule has 31 heavy (non-hydrogen) atoms. The summed E-state index contributed by atoms with van der Waals surface area (Å²) >= 11 is 0. The van der Waals surface area contributed by atoms with Gasteiger partial charge in [0.2, 0.25) is 0 Å². The number of benzene rings is 3. The van der Waals surface area contributed by atoms with E-state index in [1.807, 2.05) is 73.7 Å². The van der Waals surface area contributed by atoms with Crippen molar-refractivity contribution in [3.63, 3.8) is 0 Å². The van der Waals surface area contributed by atoms with Gasteiger partial charge in [0.15, 0.2) is 6.10 Å². The summed E-state index contributed by atoms with van der Waals surface area (Å²) in [6.07, 6.45) is -7.09. The summed E-state index contributed by atoms with van der Waals surface area (Å²) < 4.78 is 39.7. The maximum Gasteiger partial charge on any atom is 0.416 e. The first-order valence-electron chi connectivity index (χ1n) is 10.3. The monoisotopic (exact) mass is 426 g/mol. The molecule has 1 heterocycles. The Hall–Kier alpha value is -2.99. The van der Waals surface area contributed by atoms with Crippen LogP contribution in [0, 0.1) is 6.92 Å². The lowest BCUT2D eigenvalue weighted by Crippen LogP contribution is -2.49. The van der Waals surface area contributed by atoms with Gasteiger partial charge in [-0.3, -0.25) is 0 Å². The Morgan fingerprint density at radius 3 is 2.29 bits per heavy atom. The minimum absolute atomic E-state index is 0.321. The Kier molecular flexibility index (Phi) is 5.92. The highest BCUT2D eigenvalue weighted by atomic mass is 19.4. The van der Waals surface area contributed by atoms with Crippen LogP contribution in [0.3, 0.4) is 0 Å². The van der Waals surface area contributed by atoms with Crippen LogP contribution in [0.2, 0.25) is 0 Å². The smallest absolute Gasteiger partial charge is 0.382 e. The first-order valence-corrected chi connectivity index (χ1v) is 10.3. The van der Waals surface area contributed by atoms with Crippen LogP contribution in [0.1, 0.15) is 22.7 Å². The predicted octanol–water partition coefficient (Wildman–Crippen LogP) is 5.49. The fourth-order valence-corrected chi connectivity index (χ4v) is 4.20. The van der Waals surface area contributed by atoms with E-state index in [1.165, 1.54) is 0 Å². The predicted molar refractivity (Wildman–Crippen MR) is 117 cm³/mol. The third kappa shape index (κ3) is 4.69. The summed E-state index contributed by atoms with van der Waals surface area (Å²) in [5, 5.41) is 9.88. The van der Waals surface area contributed by atoms with E-state index in [4.69, 9.17) is 0 Å². The standard InChI is InChI=1S/C25H25F3N2O/c1-18-8-7-9-19(14-18)15-29-16-23(20-10-3-2-4-11-20)30(17-24(31)25(26,27)28)22-13-6-5-12-21(22)29/h2-14,23-24,31H,15-17H2,1H3/t23-,24+/m0/s1. The van der Waals surface area contributed by atoms with Crippen LogP contribution < -0.4 is 9.80 Å². The number of β-amino-alcohol motifs (C(OH)–C–C–N with tert-alkyl or cyclic N) is 1. The number of aryl methyl sites for hydroxylation is 1. The maximum atomic E-state index is 13.2. The fourth-order valence-electron chi connectivity index (χ4n) is 4.20. The number of alkyl halides is 3. The normalized spacial score (nSPS) is 17.4. The quantitative estimate of drug-likeness (QED) is 0.585. The first kappa shape index (κ1) is 21.2. The van der Waals surface area contributed by atoms with Crippen molar-refractivity contribution in [2.75, 3.05) is 22.9 Å². The molecule has 2 atom stereocenters. The lowest BCUT2D eigenvalue weighted by atomic mass is 9.98. The van der Waals surface area contributed by atoms with Crippen molar-refractivity contribution >= 4 is 11.4 Å². The molecule has 3 aromatic carbocycles. The average molecular weight is 426 g/mol. The van der Waals surface area contributed by atoms with Gasteiger partial charge in [-0.25, -0.2) is 0 Å². The maximum absolute atomic E-state index is 13.2. The molecule has 6 heteroatoms. The number of nitrogens with zero attached hydrogens (tertiary/aromatic N) is 2. The Bertz CT molecular complexity index is 1020. The number of fused-ring (bicyclic) bond motifs is 1. The SMILES string of the molecule is Cc1cccc(CN2C[C@@H](c3ccccc3)N(C[C@@H](O)C(F)(F)F)c3ccccc32)c1. The molecule has 0 bridgehead atoms. The van der Waals surface area contributed by atoms with Gasteiger partial charge in [-0.15, -0.1) is 0 Å². The number of rotatable bonds is 5. The van der Waals surface area contributed by atoms with Crippen molar-refractivity contribution in [1.82, 2.24) is 0 Å². The number of hydrogen-bond acceptors (Lipinski definition) is 3. The van der Waals surface area contributed by atoms with Crippen molar-refractivity contribution in [2.24, 2.45) is 0 Å². The minimum Gasteiger partial charge on any atom is -0.382 e. The molecular formula is C25H25F3N2O. The van der Waals surface area contributed by atoms with Crippen LogP contribution in [0.15, 0.2) is 78.9 Å². The first-order chi connectivity index (χ1) is 14.8. The van der Waals surface area contributed by atoms with Gasteiger partial charge in [-0.1, -0.05) is 72.3 Å². The number of hydrogen-bond donors (Lipinski definition) is 1. The van der Waals surface area contributed by atoms with Crippen molar-refractivity contribution in [3.8, 4) is 0 Å². The average Bonchev–Trinajstić information content (AvgIpc) is 2.75. The minimum atomic E-state index is -4.67. The van der Waals surface area contributed by atoms with Gasteiger partial charge in [-0.05, 0) is 30.2 Å². The van der Waals surface area contributed by atoms with Crippen molar-refractivity contribution in [2.45, 2.75) is 31.8 Å². The molecule has 3 aromatic rings. The van der Waals surface area contributed by atoms with Crippen LogP contribution in [-0.2, 0) is 6.54 Å². The molecular weight excluding hydrogens is 401 g/mol. The highest BCUT2D eigenvalue weighted by molar-refractivity contribution is 5.74. The molecule has 0 saturated carbocycles. The Morgan fingerprint density at radius 2 is 1.61 bits per heavy atom. The van der Waals surface area contributed by atoms with Gasteiger partial charge in [0, 0.05) is 13.1 Å². The summed E-state index contributed by atoms with van der Waals surface area (Å²) in [6, 6.07) is 24.9. The Balaban J connectivity index is 1.75. The molecule has 0 radical (unpaired) electrons. The molecule has 4 rings (SSSR count). The molecule has 1 aliphatic heterocycles. The van der Waals surface area contributed by atoms with Crippen molar-refractivity contribution in [3.05, 3.63) is 95.6 Å². The lowest BCUT2D eigenvalue weighted by Gasteiger charge is -2.45. The van der Waals surface area contributed by atoms with Crippen LogP contribution >= 0.6 is 0 Å². The zero-order chi connectivity index (χ0) is 22.0. The summed E-state index contributed by atoms with van der Waals surface area (Å²) in [6.45, 7) is 2.69. The molecule has 1 aliphatic rings. The molecule has 0 unspecified atom stereocenters. The molecule has 0 aliphatic carbocycles. The zero-order valence-electron chi connectivity index (χ0n) is 17.3. The topological polar surface area (TPSA) is 26.7 Å². The Morgan fingerprint density at radius 1 is 0.935 bits per heavy atom. The molecule has 0 spiro atoms. The van der Waals surface area contributed by atoms with Crippen LogP contribution in [0.5, 0.6) is 0 Å². The van der Waals surface area contributed by atoms with Crippen LogP contribution in [0.4, 0.5) is 24.5 Å². The van der Waals surface area contributed by atoms with E-state index >= 15 is 0 Å². The summed E-state index contributed by atoms with van der Waals surface area (Å²) in [4.78, 5) is 3.90. The molecule has 0 saturated heterocycles. The summed E-state index contributed by atoms with van der Waals surface area (Å²) in [7, 11) is 0. The van der Waals surface area contributed by atoms with E-state index in [2.05, 4.69) is 17.0 Å². The molecule has 3 nitrogen and oxygen atoms in total.